The number of guanidine groups is 1. The molecule has 1 atom stereocenters. The standard InChI is InChI=1S/C21H28F3N5S/c1-15-7-5-6-10-29(15)13-17-9-4-3-8-16(17)11-26-20(25-2)27-12-19-28-18(14-30-19)21(22,23)24/h3-4,8-9,14-15H,5-7,10-13H2,1-2H3,(H2,25,26,27). The maximum atomic E-state index is 12.7. The van der Waals surface area contributed by atoms with Gasteiger partial charge in [-0.3, -0.25) is 9.89 Å². The number of nitrogens with zero attached hydrogens (tertiary/aromatic N) is 3. The third kappa shape index (κ3) is 6.18. The molecule has 1 aliphatic heterocycles. The lowest BCUT2D eigenvalue weighted by atomic mass is 10.0. The Labute approximate surface area is 179 Å². The van der Waals surface area contributed by atoms with Crippen LogP contribution in [0, 0.1) is 0 Å². The molecule has 1 aromatic carbocycles. The monoisotopic (exact) mass is 439 g/mol. The summed E-state index contributed by atoms with van der Waals surface area (Å²) in [5, 5.41) is 7.69. The Balaban J connectivity index is 1.55. The van der Waals surface area contributed by atoms with Crippen LogP contribution in [0.4, 0.5) is 13.2 Å². The minimum atomic E-state index is -4.41. The Bertz CT molecular complexity index is 849. The van der Waals surface area contributed by atoms with Gasteiger partial charge in [-0.2, -0.15) is 13.2 Å². The van der Waals surface area contributed by atoms with Gasteiger partial charge >= 0.3 is 6.18 Å². The number of hydrogen-bond acceptors (Lipinski definition) is 4. The lowest BCUT2D eigenvalue weighted by molar-refractivity contribution is -0.140. The minimum absolute atomic E-state index is 0.188. The molecule has 1 aromatic heterocycles. The predicted octanol–water partition coefficient (Wildman–Crippen LogP) is 4.40. The van der Waals surface area contributed by atoms with Crippen LogP contribution in [0.15, 0.2) is 34.6 Å². The summed E-state index contributed by atoms with van der Waals surface area (Å²) in [6.45, 7) is 5.11. The largest absolute Gasteiger partial charge is 0.434 e. The molecule has 9 heteroatoms. The van der Waals surface area contributed by atoms with Gasteiger partial charge in [0.1, 0.15) is 5.01 Å². The number of aliphatic imine (C=N–C) groups is 1. The summed E-state index contributed by atoms with van der Waals surface area (Å²) in [6, 6.07) is 8.92. The van der Waals surface area contributed by atoms with Crippen molar-refractivity contribution in [1.29, 1.82) is 0 Å². The average molecular weight is 440 g/mol. The second-order valence-corrected chi connectivity index (χ2v) is 8.43. The average Bonchev–Trinajstić information content (AvgIpc) is 3.20. The maximum Gasteiger partial charge on any atom is 0.434 e. The van der Waals surface area contributed by atoms with Crippen LogP contribution in [0.5, 0.6) is 0 Å². The van der Waals surface area contributed by atoms with Crippen molar-refractivity contribution in [3.8, 4) is 0 Å². The molecule has 2 aromatic rings. The molecule has 0 amide bonds. The Hall–Kier alpha value is -2.13. The highest BCUT2D eigenvalue weighted by Crippen LogP contribution is 2.29. The van der Waals surface area contributed by atoms with Crippen LogP contribution in [0.3, 0.4) is 0 Å². The first kappa shape index (κ1) is 22.6. The summed E-state index contributed by atoms with van der Waals surface area (Å²) >= 11 is 0.983. The number of halogens is 3. The SMILES string of the molecule is CN=C(NCc1nc(C(F)(F)F)cs1)NCc1ccccc1CN1CCCCC1C. The van der Waals surface area contributed by atoms with E-state index in [-0.39, 0.29) is 6.54 Å². The van der Waals surface area contributed by atoms with E-state index in [1.165, 1.54) is 30.4 Å². The van der Waals surface area contributed by atoms with Gasteiger partial charge < -0.3 is 10.6 Å². The van der Waals surface area contributed by atoms with Gasteiger partial charge in [-0.05, 0) is 37.4 Å². The van der Waals surface area contributed by atoms with Crippen LogP contribution in [-0.2, 0) is 25.8 Å². The number of alkyl halides is 3. The summed E-state index contributed by atoms with van der Waals surface area (Å²) in [5.74, 6) is 0.528. The van der Waals surface area contributed by atoms with Crippen LogP contribution in [0.1, 0.15) is 48.0 Å². The molecule has 2 N–H and O–H groups in total. The molecule has 0 saturated carbocycles. The van der Waals surface area contributed by atoms with E-state index in [2.05, 4.69) is 50.6 Å². The molecular weight excluding hydrogens is 411 g/mol. The Morgan fingerprint density at radius 2 is 1.93 bits per heavy atom. The van der Waals surface area contributed by atoms with E-state index in [1.54, 1.807) is 7.05 Å². The van der Waals surface area contributed by atoms with Gasteiger partial charge in [-0.15, -0.1) is 11.3 Å². The Kier molecular flexibility index (Phi) is 7.71. The molecule has 0 spiro atoms. The molecule has 0 bridgehead atoms. The fourth-order valence-corrected chi connectivity index (χ4v) is 4.32. The minimum Gasteiger partial charge on any atom is -0.352 e. The molecule has 1 aliphatic rings. The van der Waals surface area contributed by atoms with Crippen LogP contribution in [-0.4, -0.2) is 35.5 Å². The normalized spacial score (nSPS) is 18.4. The molecule has 30 heavy (non-hydrogen) atoms. The molecular formula is C21H28F3N5S. The highest BCUT2D eigenvalue weighted by atomic mass is 32.1. The van der Waals surface area contributed by atoms with E-state index >= 15 is 0 Å². The quantitative estimate of drug-likeness (QED) is 0.517. The van der Waals surface area contributed by atoms with Crippen molar-refractivity contribution in [2.45, 2.75) is 58.0 Å². The number of likely N-dealkylation sites (tertiary alicyclic amines) is 1. The van der Waals surface area contributed by atoms with Gasteiger partial charge in [0.05, 0.1) is 6.54 Å². The van der Waals surface area contributed by atoms with Crippen molar-refractivity contribution >= 4 is 17.3 Å². The highest BCUT2D eigenvalue weighted by Gasteiger charge is 2.33. The zero-order chi connectivity index (χ0) is 21.6. The Morgan fingerprint density at radius 1 is 1.20 bits per heavy atom. The van der Waals surface area contributed by atoms with E-state index in [4.69, 9.17) is 0 Å². The van der Waals surface area contributed by atoms with Gasteiger partial charge in [0.25, 0.3) is 0 Å². The summed E-state index contributed by atoms with van der Waals surface area (Å²) < 4.78 is 38.1. The van der Waals surface area contributed by atoms with Crippen molar-refractivity contribution in [3.05, 3.63) is 51.5 Å². The first-order valence-electron chi connectivity index (χ1n) is 10.1. The van der Waals surface area contributed by atoms with E-state index in [0.29, 0.717) is 23.6 Å². The predicted molar refractivity (Wildman–Crippen MR) is 114 cm³/mol. The zero-order valence-corrected chi connectivity index (χ0v) is 18.1. The molecule has 1 saturated heterocycles. The molecule has 1 unspecified atom stereocenters. The van der Waals surface area contributed by atoms with Crippen LogP contribution >= 0.6 is 11.3 Å². The van der Waals surface area contributed by atoms with Gasteiger partial charge in [0.2, 0.25) is 0 Å². The third-order valence-electron chi connectivity index (χ3n) is 5.35. The molecule has 2 heterocycles. The summed E-state index contributed by atoms with van der Waals surface area (Å²) in [5.41, 5.74) is 1.61. The summed E-state index contributed by atoms with van der Waals surface area (Å²) in [6.07, 6.45) is -0.630. The molecule has 0 radical (unpaired) electrons. The fraction of sp³-hybridized carbons (Fsp3) is 0.524. The van der Waals surface area contributed by atoms with E-state index in [0.717, 1.165) is 29.8 Å². The van der Waals surface area contributed by atoms with E-state index < -0.39 is 11.9 Å². The van der Waals surface area contributed by atoms with Gasteiger partial charge in [-0.25, -0.2) is 4.98 Å². The van der Waals surface area contributed by atoms with E-state index in [1.807, 2.05) is 6.07 Å². The number of nitrogens with one attached hydrogen (secondary N) is 2. The lowest BCUT2D eigenvalue weighted by Gasteiger charge is -2.33. The van der Waals surface area contributed by atoms with Crippen molar-refractivity contribution in [2.75, 3.05) is 13.6 Å². The number of aromatic nitrogens is 1. The van der Waals surface area contributed by atoms with Gasteiger partial charge in [0, 0.05) is 31.6 Å². The molecule has 164 valence electrons. The highest BCUT2D eigenvalue weighted by molar-refractivity contribution is 7.09. The summed E-state index contributed by atoms with van der Waals surface area (Å²) in [7, 11) is 1.64. The van der Waals surface area contributed by atoms with Crippen molar-refractivity contribution in [1.82, 2.24) is 20.5 Å². The first-order valence-corrected chi connectivity index (χ1v) is 11.0. The third-order valence-corrected chi connectivity index (χ3v) is 6.20. The number of piperidine rings is 1. The van der Waals surface area contributed by atoms with Crippen molar-refractivity contribution in [2.24, 2.45) is 4.99 Å². The smallest absolute Gasteiger partial charge is 0.352 e. The molecule has 5 nitrogen and oxygen atoms in total. The summed E-state index contributed by atoms with van der Waals surface area (Å²) in [4.78, 5) is 10.3. The molecule has 1 fully saturated rings. The topological polar surface area (TPSA) is 52.6 Å². The zero-order valence-electron chi connectivity index (χ0n) is 17.3. The van der Waals surface area contributed by atoms with Gasteiger partial charge in [0.15, 0.2) is 11.7 Å². The van der Waals surface area contributed by atoms with Gasteiger partial charge in [-0.1, -0.05) is 30.7 Å². The van der Waals surface area contributed by atoms with Crippen molar-refractivity contribution in [3.63, 3.8) is 0 Å². The number of rotatable bonds is 6. The second-order valence-electron chi connectivity index (χ2n) is 7.49. The fourth-order valence-electron chi connectivity index (χ4n) is 3.58. The Morgan fingerprint density at radius 3 is 2.60 bits per heavy atom. The first-order chi connectivity index (χ1) is 14.4. The number of hydrogen-bond donors (Lipinski definition) is 2. The van der Waals surface area contributed by atoms with Crippen LogP contribution in [0.25, 0.3) is 0 Å². The molecule has 0 aliphatic carbocycles. The van der Waals surface area contributed by atoms with Crippen LogP contribution < -0.4 is 10.6 Å². The lowest BCUT2D eigenvalue weighted by Crippen LogP contribution is -2.38. The maximum absolute atomic E-state index is 12.7. The number of benzene rings is 1. The number of thiazole rings is 1. The van der Waals surface area contributed by atoms with Crippen molar-refractivity contribution < 1.29 is 13.2 Å². The van der Waals surface area contributed by atoms with E-state index in [9.17, 15) is 13.2 Å². The second kappa shape index (κ2) is 10.3. The molecule has 3 rings (SSSR count). The van der Waals surface area contributed by atoms with Crippen LogP contribution in [0.2, 0.25) is 0 Å².